The molecule has 0 fully saturated rings. The first kappa shape index (κ1) is 20.1. The number of aryl methyl sites for hydroxylation is 2. The highest BCUT2D eigenvalue weighted by molar-refractivity contribution is 6.38. The van der Waals surface area contributed by atoms with Gasteiger partial charge in [-0.05, 0) is 59.5 Å². The molecule has 0 aliphatic carbocycles. The Morgan fingerprint density at radius 3 is 1.97 bits per heavy atom. The molecule has 0 saturated carbocycles. The average Bonchev–Trinajstić information content (AvgIpc) is 2.82. The van der Waals surface area contributed by atoms with Crippen LogP contribution in [0.5, 0.6) is 0 Å². The van der Waals surface area contributed by atoms with E-state index in [4.69, 9.17) is 4.98 Å². The van der Waals surface area contributed by atoms with E-state index in [0.717, 1.165) is 63.7 Å². The van der Waals surface area contributed by atoms with E-state index in [-0.39, 0.29) is 11.8 Å². The first-order chi connectivity index (χ1) is 16.0. The van der Waals surface area contributed by atoms with E-state index >= 15 is 0 Å². The molecule has 164 valence electrons. The number of pyridine rings is 1. The van der Waals surface area contributed by atoms with Gasteiger partial charge in [-0.2, -0.15) is 0 Å². The smallest absolute Gasteiger partial charge is 0.261 e. The van der Waals surface area contributed by atoms with Gasteiger partial charge < -0.3 is 0 Å². The number of rotatable bonds is 5. The maximum atomic E-state index is 13.4. The predicted molar refractivity (Wildman–Crippen MR) is 134 cm³/mol. The van der Waals surface area contributed by atoms with Gasteiger partial charge in [0.25, 0.3) is 11.8 Å². The van der Waals surface area contributed by atoms with Crippen LogP contribution in [0.15, 0.2) is 42.6 Å². The number of amides is 2. The molecule has 4 aromatic carbocycles. The van der Waals surface area contributed by atoms with Gasteiger partial charge in [-0.1, -0.05) is 50.5 Å². The number of carbonyl (C=O) groups excluding carboxylic acids is 2. The minimum atomic E-state index is -0.172. The first-order valence-electron chi connectivity index (χ1n) is 11.9. The third-order valence-corrected chi connectivity index (χ3v) is 7.36. The number of benzene rings is 4. The summed E-state index contributed by atoms with van der Waals surface area (Å²) in [5.41, 5.74) is 3.49. The van der Waals surface area contributed by atoms with Crippen LogP contribution in [0.3, 0.4) is 0 Å². The average molecular weight is 435 g/mol. The minimum Gasteiger partial charge on any atom is -0.274 e. The van der Waals surface area contributed by atoms with Crippen LogP contribution in [-0.4, -0.2) is 28.2 Å². The Hall–Kier alpha value is -3.53. The molecule has 0 saturated heterocycles. The second kappa shape index (κ2) is 7.24. The molecule has 1 aliphatic heterocycles. The first-order valence-corrected chi connectivity index (χ1v) is 11.9. The molecular weight excluding hydrogens is 408 g/mol. The largest absolute Gasteiger partial charge is 0.274 e. The quantitative estimate of drug-likeness (QED) is 0.130. The number of nitrogens with zero attached hydrogens (tertiary/aromatic N) is 2. The zero-order valence-electron chi connectivity index (χ0n) is 19.3. The molecule has 0 spiro atoms. The standard InChI is InChI=1S/C29H26N2O2/c1-4-5-6-7-14-31-28(32)21-12-10-19-18-9-8-16(2)24-17(3)30-15-23(26(18)24)20-11-13-22(29(31)33)27(21)25(19)20/h8-13,15H,4-7,14H2,1-3H3. The lowest BCUT2D eigenvalue weighted by atomic mass is 9.84. The summed E-state index contributed by atoms with van der Waals surface area (Å²) in [5, 5.41) is 8.56. The van der Waals surface area contributed by atoms with E-state index in [9.17, 15) is 9.59 Å². The highest BCUT2D eigenvalue weighted by Crippen LogP contribution is 2.44. The van der Waals surface area contributed by atoms with Crippen molar-refractivity contribution in [2.24, 2.45) is 0 Å². The van der Waals surface area contributed by atoms with Gasteiger partial charge in [0.2, 0.25) is 0 Å². The molecular formula is C29H26N2O2. The summed E-state index contributed by atoms with van der Waals surface area (Å²) in [6.45, 7) is 6.81. The van der Waals surface area contributed by atoms with Crippen molar-refractivity contribution in [2.75, 3.05) is 6.54 Å². The zero-order chi connectivity index (χ0) is 22.9. The second-order valence-corrected chi connectivity index (χ2v) is 9.33. The lowest BCUT2D eigenvalue weighted by Crippen LogP contribution is -2.40. The Bertz CT molecular complexity index is 1510. The number of aromatic nitrogens is 1. The van der Waals surface area contributed by atoms with E-state index in [1.165, 1.54) is 21.2 Å². The molecule has 5 aromatic rings. The van der Waals surface area contributed by atoms with Gasteiger partial charge in [0.05, 0.1) is 0 Å². The van der Waals surface area contributed by atoms with Crippen molar-refractivity contribution in [3.63, 3.8) is 0 Å². The number of hydrogen-bond donors (Lipinski definition) is 0. The van der Waals surface area contributed by atoms with Gasteiger partial charge in [-0.3, -0.25) is 19.5 Å². The van der Waals surface area contributed by atoms with Gasteiger partial charge in [-0.15, -0.1) is 0 Å². The fourth-order valence-electron chi connectivity index (χ4n) is 5.76. The summed E-state index contributed by atoms with van der Waals surface area (Å²) in [6, 6.07) is 12.3. The fourth-order valence-corrected chi connectivity index (χ4v) is 5.76. The van der Waals surface area contributed by atoms with Crippen LogP contribution >= 0.6 is 0 Å². The molecule has 33 heavy (non-hydrogen) atoms. The Labute approximate surface area is 192 Å². The molecule has 4 heteroatoms. The molecule has 6 rings (SSSR count). The fraction of sp³-hybridized carbons (Fsp3) is 0.276. The Morgan fingerprint density at radius 1 is 0.697 bits per heavy atom. The third kappa shape index (κ3) is 2.67. The van der Waals surface area contributed by atoms with Gasteiger partial charge >= 0.3 is 0 Å². The van der Waals surface area contributed by atoms with Crippen molar-refractivity contribution in [2.45, 2.75) is 46.5 Å². The number of fused-ring (bicyclic) bond motifs is 2. The number of imide groups is 1. The lowest BCUT2D eigenvalue weighted by Gasteiger charge is -2.28. The summed E-state index contributed by atoms with van der Waals surface area (Å²) in [4.78, 5) is 33.0. The molecule has 0 unspecified atom stereocenters. The van der Waals surface area contributed by atoms with Gasteiger partial charge in [0.1, 0.15) is 0 Å². The summed E-state index contributed by atoms with van der Waals surface area (Å²) in [6.07, 6.45) is 6.06. The molecule has 1 aromatic heterocycles. The highest BCUT2D eigenvalue weighted by atomic mass is 16.2. The van der Waals surface area contributed by atoms with E-state index in [2.05, 4.69) is 39.0 Å². The van der Waals surface area contributed by atoms with E-state index in [0.29, 0.717) is 17.7 Å². The third-order valence-electron chi connectivity index (χ3n) is 7.36. The molecule has 0 atom stereocenters. The molecule has 0 bridgehead atoms. The van der Waals surface area contributed by atoms with E-state index in [1.54, 1.807) is 0 Å². The Balaban J connectivity index is 1.66. The topological polar surface area (TPSA) is 50.3 Å². The van der Waals surface area contributed by atoms with Crippen molar-refractivity contribution in [1.82, 2.24) is 9.88 Å². The van der Waals surface area contributed by atoms with Crippen LogP contribution in [0.4, 0.5) is 0 Å². The SMILES string of the molecule is CCCCCCN1C(=O)c2ccc3c4ccc(C)c5c(C)ncc(c6ccc(c2c36)C1=O)c54. The highest BCUT2D eigenvalue weighted by Gasteiger charge is 2.33. The monoisotopic (exact) mass is 434 g/mol. The molecule has 0 radical (unpaired) electrons. The zero-order valence-corrected chi connectivity index (χ0v) is 19.3. The van der Waals surface area contributed by atoms with Crippen LogP contribution < -0.4 is 0 Å². The van der Waals surface area contributed by atoms with E-state index < -0.39 is 0 Å². The van der Waals surface area contributed by atoms with Crippen LogP contribution in [-0.2, 0) is 0 Å². The molecule has 4 nitrogen and oxygen atoms in total. The van der Waals surface area contributed by atoms with Gasteiger partial charge in [0, 0.05) is 51.1 Å². The molecule has 0 N–H and O–H groups in total. The summed E-state index contributed by atoms with van der Waals surface area (Å²) >= 11 is 0. The molecule has 2 amide bonds. The predicted octanol–water partition coefficient (Wildman–Crippen LogP) is 6.93. The van der Waals surface area contributed by atoms with Crippen molar-refractivity contribution in [1.29, 1.82) is 0 Å². The number of unbranched alkanes of at least 4 members (excludes halogenated alkanes) is 3. The Kier molecular flexibility index (Phi) is 4.41. The summed E-state index contributed by atoms with van der Waals surface area (Å²) in [7, 11) is 0. The summed E-state index contributed by atoms with van der Waals surface area (Å²) in [5.74, 6) is -0.343. The molecule has 2 heterocycles. The molecule has 1 aliphatic rings. The van der Waals surface area contributed by atoms with Gasteiger partial charge in [-0.25, -0.2) is 0 Å². The van der Waals surface area contributed by atoms with Crippen molar-refractivity contribution >= 4 is 54.9 Å². The number of hydrogen-bond acceptors (Lipinski definition) is 3. The van der Waals surface area contributed by atoms with Crippen molar-refractivity contribution < 1.29 is 9.59 Å². The normalized spacial score (nSPS) is 14.0. The Morgan fingerprint density at radius 2 is 1.30 bits per heavy atom. The number of carbonyl (C=O) groups is 2. The maximum Gasteiger partial charge on any atom is 0.261 e. The second-order valence-electron chi connectivity index (χ2n) is 9.33. The van der Waals surface area contributed by atoms with Crippen LogP contribution in [0.1, 0.15) is 64.6 Å². The minimum absolute atomic E-state index is 0.172. The maximum absolute atomic E-state index is 13.4. The van der Waals surface area contributed by atoms with Crippen LogP contribution in [0.2, 0.25) is 0 Å². The van der Waals surface area contributed by atoms with Crippen molar-refractivity contribution in [3.05, 3.63) is 65.0 Å². The van der Waals surface area contributed by atoms with Crippen molar-refractivity contribution in [3.8, 4) is 0 Å². The van der Waals surface area contributed by atoms with E-state index in [1.807, 2.05) is 24.4 Å². The van der Waals surface area contributed by atoms with Gasteiger partial charge in [0.15, 0.2) is 0 Å². The van der Waals surface area contributed by atoms with Crippen LogP contribution in [0.25, 0.3) is 43.1 Å². The lowest BCUT2D eigenvalue weighted by molar-refractivity contribution is 0.0608. The summed E-state index contributed by atoms with van der Waals surface area (Å²) < 4.78 is 0. The van der Waals surface area contributed by atoms with Crippen LogP contribution in [0, 0.1) is 13.8 Å².